The number of nitrogens with two attached hydrogens (primary N) is 1. The highest BCUT2D eigenvalue weighted by molar-refractivity contribution is 5.78. The van der Waals surface area contributed by atoms with E-state index in [0.717, 1.165) is 10.6 Å². The van der Waals surface area contributed by atoms with Crippen molar-refractivity contribution in [1.29, 1.82) is 0 Å². The number of hydrogen-bond donors (Lipinski definition) is 1. The summed E-state index contributed by atoms with van der Waals surface area (Å²) in [7, 11) is 0. The Kier molecular flexibility index (Phi) is 5.01. The molecule has 0 bridgehead atoms. The van der Waals surface area contributed by atoms with Crippen LogP contribution in [0.5, 0.6) is 0 Å². The summed E-state index contributed by atoms with van der Waals surface area (Å²) in [6.07, 6.45) is -5.09. The normalized spacial score (nSPS) is 13.1. The molecule has 0 unspecified atom stereocenters. The van der Waals surface area contributed by atoms with E-state index in [1.54, 1.807) is 6.92 Å². The molecule has 1 aromatic heterocycles. The Hall–Kier alpha value is -2.74. The third-order valence-corrected chi connectivity index (χ3v) is 4.22. The minimum atomic E-state index is -4.39. The summed E-state index contributed by atoms with van der Waals surface area (Å²) < 4.78 is 53.5. The average molecular weight is 379 g/mol. The minimum absolute atomic E-state index is 0.0171. The molecule has 0 saturated carbocycles. The van der Waals surface area contributed by atoms with Crippen molar-refractivity contribution in [3.05, 3.63) is 70.0 Å². The van der Waals surface area contributed by atoms with E-state index in [4.69, 9.17) is 5.73 Å². The van der Waals surface area contributed by atoms with E-state index >= 15 is 0 Å². The molecule has 2 N–H and O–H groups in total. The molecule has 27 heavy (non-hydrogen) atoms. The largest absolute Gasteiger partial charge is 0.393 e. The van der Waals surface area contributed by atoms with E-state index in [0.29, 0.717) is 6.42 Å². The van der Waals surface area contributed by atoms with Gasteiger partial charge in [0, 0.05) is 0 Å². The summed E-state index contributed by atoms with van der Waals surface area (Å²) in [5, 5.41) is -0.231. The Labute approximate surface area is 152 Å². The van der Waals surface area contributed by atoms with Gasteiger partial charge in [0.2, 0.25) is 0 Å². The minimum Gasteiger partial charge on any atom is -0.321 e. The third-order valence-electron chi connectivity index (χ3n) is 4.22. The fourth-order valence-corrected chi connectivity index (χ4v) is 2.92. The van der Waals surface area contributed by atoms with Gasteiger partial charge in [-0.3, -0.25) is 9.36 Å². The zero-order valence-corrected chi connectivity index (χ0v) is 14.4. The fraction of sp³-hybridized carbons (Fsp3) is 0.263. The van der Waals surface area contributed by atoms with Gasteiger partial charge in [-0.25, -0.2) is 9.37 Å². The number of aromatic nitrogens is 2. The summed E-state index contributed by atoms with van der Waals surface area (Å²) >= 11 is 0. The Morgan fingerprint density at radius 3 is 2.56 bits per heavy atom. The van der Waals surface area contributed by atoms with Crippen molar-refractivity contribution >= 4 is 10.9 Å². The molecule has 0 aliphatic carbocycles. The van der Waals surface area contributed by atoms with Crippen molar-refractivity contribution in [2.24, 2.45) is 5.73 Å². The summed E-state index contributed by atoms with van der Waals surface area (Å²) in [5.74, 6) is -0.577. The van der Waals surface area contributed by atoms with E-state index in [1.165, 1.54) is 36.4 Å². The molecule has 8 heteroatoms. The van der Waals surface area contributed by atoms with Crippen LogP contribution in [0.25, 0.3) is 16.6 Å². The van der Waals surface area contributed by atoms with Crippen molar-refractivity contribution in [3.63, 3.8) is 0 Å². The molecule has 142 valence electrons. The van der Waals surface area contributed by atoms with Gasteiger partial charge in [-0.15, -0.1) is 0 Å². The van der Waals surface area contributed by atoms with Gasteiger partial charge in [-0.2, -0.15) is 13.2 Å². The van der Waals surface area contributed by atoms with Crippen LogP contribution in [0.2, 0.25) is 0 Å². The number of fused-ring (bicyclic) bond motifs is 1. The van der Waals surface area contributed by atoms with Gasteiger partial charge in [-0.05, 0) is 36.2 Å². The second kappa shape index (κ2) is 7.11. The van der Waals surface area contributed by atoms with Crippen molar-refractivity contribution in [3.8, 4) is 5.69 Å². The molecule has 1 atom stereocenters. The van der Waals surface area contributed by atoms with Crippen LogP contribution < -0.4 is 11.3 Å². The highest BCUT2D eigenvalue weighted by Gasteiger charge is 2.28. The monoisotopic (exact) mass is 379 g/mol. The van der Waals surface area contributed by atoms with E-state index in [9.17, 15) is 22.4 Å². The van der Waals surface area contributed by atoms with Crippen LogP contribution in [0.4, 0.5) is 17.6 Å². The van der Waals surface area contributed by atoms with Gasteiger partial charge in [0.1, 0.15) is 17.0 Å². The Bertz CT molecular complexity index is 1040. The van der Waals surface area contributed by atoms with Crippen LogP contribution in [0.1, 0.15) is 30.8 Å². The quantitative estimate of drug-likeness (QED) is 0.696. The van der Waals surface area contributed by atoms with Crippen LogP contribution in [0, 0.1) is 5.82 Å². The number of benzene rings is 2. The summed E-state index contributed by atoms with van der Waals surface area (Å²) in [4.78, 5) is 17.3. The Balaban J connectivity index is 2.30. The van der Waals surface area contributed by atoms with E-state index in [1.807, 2.05) is 0 Å². The third kappa shape index (κ3) is 3.85. The molecule has 0 radical (unpaired) electrons. The van der Waals surface area contributed by atoms with Gasteiger partial charge in [0.15, 0.2) is 0 Å². The lowest BCUT2D eigenvalue weighted by Crippen LogP contribution is -2.29. The molecule has 3 rings (SSSR count). The first-order chi connectivity index (χ1) is 12.7. The van der Waals surface area contributed by atoms with Crippen molar-refractivity contribution < 1.29 is 17.6 Å². The van der Waals surface area contributed by atoms with Crippen LogP contribution >= 0.6 is 0 Å². The number of nitrogens with zero attached hydrogens (tertiary/aromatic N) is 2. The highest BCUT2D eigenvalue weighted by Crippen LogP contribution is 2.24. The van der Waals surface area contributed by atoms with Gasteiger partial charge in [-0.1, -0.05) is 25.1 Å². The molecule has 1 heterocycles. The Morgan fingerprint density at radius 1 is 1.19 bits per heavy atom. The van der Waals surface area contributed by atoms with E-state index in [-0.39, 0.29) is 28.0 Å². The maximum absolute atomic E-state index is 14.2. The van der Waals surface area contributed by atoms with Crippen LogP contribution in [-0.2, 0) is 6.42 Å². The van der Waals surface area contributed by atoms with Crippen molar-refractivity contribution in [1.82, 2.24) is 9.55 Å². The molecular formula is C19H17F4N3O. The van der Waals surface area contributed by atoms with Crippen molar-refractivity contribution in [2.75, 3.05) is 0 Å². The summed E-state index contributed by atoms with van der Waals surface area (Å²) in [6, 6.07) is 8.87. The zero-order valence-electron chi connectivity index (χ0n) is 14.4. The molecule has 3 aromatic rings. The molecular weight excluding hydrogens is 362 g/mol. The maximum atomic E-state index is 14.2. The second-order valence-corrected chi connectivity index (χ2v) is 6.22. The summed E-state index contributed by atoms with van der Waals surface area (Å²) in [6.45, 7) is 1.79. The second-order valence-electron chi connectivity index (χ2n) is 6.22. The van der Waals surface area contributed by atoms with Gasteiger partial charge >= 0.3 is 6.18 Å². The summed E-state index contributed by atoms with van der Waals surface area (Å²) in [5.41, 5.74) is 5.67. The van der Waals surface area contributed by atoms with Crippen LogP contribution in [0.3, 0.4) is 0 Å². The maximum Gasteiger partial charge on any atom is 0.393 e. The van der Waals surface area contributed by atoms with Crippen LogP contribution in [0.15, 0.2) is 47.3 Å². The lowest BCUT2D eigenvalue weighted by Gasteiger charge is -2.18. The fourth-order valence-electron chi connectivity index (χ4n) is 2.92. The van der Waals surface area contributed by atoms with Gasteiger partial charge in [0.25, 0.3) is 5.56 Å². The van der Waals surface area contributed by atoms with E-state index < -0.39 is 30.0 Å². The molecule has 0 amide bonds. The first kappa shape index (κ1) is 19.0. The van der Waals surface area contributed by atoms with Crippen molar-refractivity contribution in [2.45, 2.75) is 32.0 Å². The molecule has 0 aliphatic heterocycles. The number of alkyl halides is 3. The predicted molar refractivity (Wildman–Crippen MR) is 94.3 cm³/mol. The first-order valence-electron chi connectivity index (χ1n) is 8.34. The van der Waals surface area contributed by atoms with E-state index in [2.05, 4.69) is 4.98 Å². The standard InChI is InChI=1S/C19H17F4N3O/c1-2-14(24)17-25-15-8-4-7-13(20)16(15)18(27)26(17)12-6-3-5-11(9-12)10-19(21,22)23/h3-9,14H,2,10,24H2,1H3/t14-/m0/s1. The topological polar surface area (TPSA) is 60.9 Å². The predicted octanol–water partition coefficient (Wildman–Crippen LogP) is 4.04. The number of rotatable bonds is 4. The number of halogens is 4. The average Bonchev–Trinajstić information content (AvgIpc) is 2.59. The zero-order chi connectivity index (χ0) is 19.8. The Morgan fingerprint density at radius 2 is 1.89 bits per heavy atom. The number of hydrogen-bond acceptors (Lipinski definition) is 3. The lowest BCUT2D eigenvalue weighted by atomic mass is 10.1. The molecule has 0 aliphatic rings. The molecule has 4 nitrogen and oxygen atoms in total. The highest BCUT2D eigenvalue weighted by atomic mass is 19.4. The smallest absolute Gasteiger partial charge is 0.321 e. The van der Waals surface area contributed by atoms with Gasteiger partial charge < -0.3 is 5.73 Å². The lowest BCUT2D eigenvalue weighted by molar-refractivity contribution is -0.127. The molecule has 0 fully saturated rings. The molecule has 0 spiro atoms. The molecule has 2 aromatic carbocycles. The first-order valence-corrected chi connectivity index (χ1v) is 8.34. The SMILES string of the molecule is CC[C@H](N)c1nc2cccc(F)c2c(=O)n1-c1cccc(CC(F)(F)F)c1. The molecule has 0 saturated heterocycles. The van der Waals surface area contributed by atoms with Crippen LogP contribution in [-0.4, -0.2) is 15.7 Å². The van der Waals surface area contributed by atoms with Gasteiger partial charge in [0.05, 0.1) is 23.7 Å².